The Kier molecular flexibility index (Phi) is 3.28. The van der Waals surface area contributed by atoms with Gasteiger partial charge in [-0.05, 0) is 6.92 Å². The molecule has 104 valence electrons. The molecule has 2 aliphatic heterocycles. The van der Waals surface area contributed by atoms with Gasteiger partial charge >= 0.3 is 0 Å². The molecule has 3 rings (SSSR count). The summed E-state index contributed by atoms with van der Waals surface area (Å²) in [5.41, 5.74) is -0.185. The highest BCUT2D eigenvalue weighted by atomic mass is 16.6. The van der Waals surface area contributed by atoms with Crippen molar-refractivity contribution < 1.29 is 14.2 Å². The number of hydrogen-bond acceptors (Lipinski definition) is 6. The van der Waals surface area contributed by atoms with Gasteiger partial charge in [0.1, 0.15) is 17.7 Å². The first-order valence-corrected chi connectivity index (χ1v) is 6.57. The average Bonchev–Trinajstić information content (AvgIpc) is 2.85. The van der Waals surface area contributed by atoms with Gasteiger partial charge in [0.05, 0.1) is 26.4 Å². The first-order chi connectivity index (χ1) is 9.21. The second-order valence-corrected chi connectivity index (χ2v) is 5.21. The number of anilines is 1. The van der Waals surface area contributed by atoms with E-state index in [2.05, 4.69) is 21.8 Å². The molecule has 0 saturated carbocycles. The second-order valence-electron chi connectivity index (χ2n) is 5.21. The van der Waals surface area contributed by atoms with Crippen LogP contribution >= 0.6 is 0 Å². The lowest BCUT2D eigenvalue weighted by Crippen LogP contribution is -2.55. The highest BCUT2D eigenvalue weighted by Gasteiger charge is 2.43. The van der Waals surface area contributed by atoms with Gasteiger partial charge < -0.3 is 19.1 Å². The van der Waals surface area contributed by atoms with Gasteiger partial charge in [-0.25, -0.2) is 9.97 Å². The molecular formula is C13H19N3O3. The van der Waals surface area contributed by atoms with Gasteiger partial charge in [-0.3, -0.25) is 0 Å². The highest BCUT2D eigenvalue weighted by Crippen LogP contribution is 2.32. The van der Waals surface area contributed by atoms with Crippen molar-refractivity contribution in [2.75, 3.05) is 38.3 Å². The number of ether oxygens (including phenoxy) is 3. The van der Waals surface area contributed by atoms with Gasteiger partial charge in [0.2, 0.25) is 5.88 Å². The number of hydrogen-bond donors (Lipinski definition) is 0. The molecule has 0 aliphatic carbocycles. The van der Waals surface area contributed by atoms with E-state index in [-0.39, 0.29) is 11.7 Å². The largest absolute Gasteiger partial charge is 0.481 e. The summed E-state index contributed by atoms with van der Waals surface area (Å²) in [4.78, 5) is 10.6. The maximum Gasteiger partial charge on any atom is 0.218 e. The lowest BCUT2D eigenvalue weighted by atomic mass is 9.99. The Morgan fingerprint density at radius 3 is 3.11 bits per heavy atom. The Balaban J connectivity index is 1.83. The van der Waals surface area contributed by atoms with Gasteiger partial charge in [0, 0.05) is 25.6 Å². The van der Waals surface area contributed by atoms with E-state index in [1.54, 1.807) is 7.11 Å². The van der Waals surface area contributed by atoms with Gasteiger partial charge in [-0.2, -0.15) is 0 Å². The van der Waals surface area contributed by atoms with E-state index in [4.69, 9.17) is 14.2 Å². The van der Waals surface area contributed by atoms with E-state index in [1.807, 2.05) is 6.07 Å². The van der Waals surface area contributed by atoms with Crippen LogP contribution in [0, 0.1) is 0 Å². The summed E-state index contributed by atoms with van der Waals surface area (Å²) in [5, 5.41) is 0. The van der Waals surface area contributed by atoms with Crippen molar-refractivity contribution in [1.29, 1.82) is 0 Å². The van der Waals surface area contributed by atoms with Crippen molar-refractivity contribution in [2.24, 2.45) is 0 Å². The Labute approximate surface area is 112 Å². The molecule has 2 saturated heterocycles. The molecule has 2 atom stereocenters. The molecule has 0 bridgehead atoms. The quantitative estimate of drug-likeness (QED) is 0.791. The fraction of sp³-hybridized carbons (Fsp3) is 0.692. The molecule has 0 amide bonds. The predicted octanol–water partition coefficient (Wildman–Crippen LogP) is 0.869. The summed E-state index contributed by atoms with van der Waals surface area (Å²) >= 11 is 0. The van der Waals surface area contributed by atoms with Gasteiger partial charge in [0.15, 0.2) is 0 Å². The van der Waals surface area contributed by atoms with Crippen LogP contribution in [-0.4, -0.2) is 55.1 Å². The number of morpholine rings is 1. The van der Waals surface area contributed by atoms with E-state index >= 15 is 0 Å². The number of methoxy groups -OCH3 is 1. The second kappa shape index (κ2) is 4.94. The monoisotopic (exact) mass is 265 g/mol. The molecule has 6 heteroatoms. The number of nitrogens with zero attached hydrogens (tertiary/aromatic N) is 3. The third-order valence-corrected chi connectivity index (χ3v) is 3.64. The normalized spacial score (nSPS) is 30.8. The van der Waals surface area contributed by atoms with Crippen molar-refractivity contribution >= 4 is 5.82 Å². The van der Waals surface area contributed by atoms with Gasteiger partial charge in [0.25, 0.3) is 0 Å². The smallest absolute Gasteiger partial charge is 0.218 e. The zero-order chi connectivity index (χ0) is 13.3. The summed E-state index contributed by atoms with van der Waals surface area (Å²) in [6.07, 6.45) is 2.64. The summed E-state index contributed by atoms with van der Waals surface area (Å²) < 4.78 is 16.8. The average molecular weight is 265 g/mol. The minimum Gasteiger partial charge on any atom is -0.481 e. The maximum atomic E-state index is 6.10. The first kappa shape index (κ1) is 12.6. The zero-order valence-electron chi connectivity index (χ0n) is 11.3. The van der Waals surface area contributed by atoms with E-state index < -0.39 is 0 Å². The van der Waals surface area contributed by atoms with Crippen molar-refractivity contribution in [3.8, 4) is 5.88 Å². The third kappa shape index (κ3) is 2.50. The van der Waals surface area contributed by atoms with Crippen LogP contribution in [0.1, 0.15) is 13.3 Å². The third-order valence-electron chi connectivity index (χ3n) is 3.64. The van der Waals surface area contributed by atoms with Crippen molar-refractivity contribution in [1.82, 2.24) is 9.97 Å². The van der Waals surface area contributed by atoms with Crippen molar-refractivity contribution in [3.05, 3.63) is 12.4 Å². The molecule has 2 unspecified atom stereocenters. The van der Waals surface area contributed by atoms with Crippen LogP contribution in [0.5, 0.6) is 5.88 Å². The highest BCUT2D eigenvalue weighted by molar-refractivity contribution is 5.42. The molecule has 1 spiro atoms. The first-order valence-electron chi connectivity index (χ1n) is 6.57. The standard InChI is InChI=1S/C13H19N3O3/c1-10-6-16(7-13(19-10)3-4-18-8-13)11-5-12(17-2)15-9-14-11/h5,9-10H,3-4,6-8H2,1-2H3. The number of rotatable bonds is 2. The van der Waals surface area contributed by atoms with E-state index in [9.17, 15) is 0 Å². The summed E-state index contributed by atoms with van der Waals surface area (Å²) in [7, 11) is 1.61. The van der Waals surface area contributed by atoms with E-state index in [0.29, 0.717) is 12.5 Å². The van der Waals surface area contributed by atoms with Crippen LogP contribution in [0.25, 0.3) is 0 Å². The Hall–Kier alpha value is -1.40. The maximum absolute atomic E-state index is 6.10. The lowest BCUT2D eigenvalue weighted by molar-refractivity contribution is -0.0991. The molecule has 2 fully saturated rings. The van der Waals surface area contributed by atoms with E-state index in [1.165, 1.54) is 6.33 Å². The molecule has 19 heavy (non-hydrogen) atoms. The Bertz CT molecular complexity index is 449. The molecule has 1 aromatic rings. The minimum atomic E-state index is -0.185. The molecule has 0 aromatic carbocycles. The van der Waals surface area contributed by atoms with E-state index in [0.717, 1.165) is 31.9 Å². The van der Waals surface area contributed by atoms with Crippen LogP contribution in [0.4, 0.5) is 5.82 Å². The summed E-state index contributed by atoms with van der Waals surface area (Å²) in [6.45, 7) is 5.15. The summed E-state index contributed by atoms with van der Waals surface area (Å²) in [6, 6.07) is 1.86. The van der Waals surface area contributed by atoms with Crippen LogP contribution in [0.2, 0.25) is 0 Å². The van der Waals surface area contributed by atoms with Gasteiger partial charge in [-0.15, -0.1) is 0 Å². The minimum absolute atomic E-state index is 0.163. The lowest BCUT2D eigenvalue weighted by Gasteiger charge is -2.43. The van der Waals surface area contributed by atoms with Crippen molar-refractivity contribution in [3.63, 3.8) is 0 Å². The summed E-state index contributed by atoms with van der Waals surface area (Å²) in [5.74, 6) is 1.47. The molecule has 2 aliphatic rings. The fourth-order valence-corrected chi connectivity index (χ4v) is 2.82. The van der Waals surface area contributed by atoms with Crippen LogP contribution in [-0.2, 0) is 9.47 Å². The van der Waals surface area contributed by atoms with Crippen LogP contribution in [0.3, 0.4) is 0 Å². The SMILES string of the molecule is COc1cc(N2CC(C)OC3(CCOC3)C2)ncn1. The molecule has 3 heterocycles. The predicted molar refractivity (Wildman–Crippen MR) is 69.5 cm³/mol. The van der Waals surface area contributed by atoms with Gasteiger partial charge in [-0.1, -0.05) is 0 Å². The van der Waals surface area contributed by atoms with Crippen LogP contribution in [0.15, 0.2) is 12.4 Å². The fourth-order valence-electron chi connectivity index (χ4n) is 2.82. The van der Waals surface area contributed by atoms with Crippen molar-refractivity contribution in [2.45, 2.75) is 25.0 Å². The van der Waals surface area contributed by atoms with Crippen LogP contribution < -0.4 is 9.64 Å². The molecular weight excluding hydrogens is 246 g/mol. The Morgan fingerprint density at radius 2 is 2.37 bits per heavy atom. The molecule has 0 radical (unpaired) electrons. The zero-order valence-corrected chi connectivity index (χ0v) is 11.3. The number of aromatic nitrogens is 2. The molecule has 1 aromatic heterocycles. The topological polar surface area (TPSA) is 56.7 Å². The molecule has 0 N–H and O–H groups in total. The Morgan fingerprint density at radius 1 is 1.47 bits per heavy atom. The molecule has 6 nitrogen and oxygen atoms in total.